The van der Waals surface area contributed by atoms with Gasteiger partial charge in [0.1, 0.15) is 12.4 Å². The van der Waals surface area contributed by atoms with Crippen LogP contribution < -0.4 is 5.32 Å². The fourth-order valence-corrected chi connectivity index (χ4v) is 3.82. The van der Waals surface area contributed by atoms with E-state index in [9.17, 15) is 9.59 Å². The third kappa shape index (κ3) is 5.50. The Bertz CT molecular complexity index is 919. The Labute approximate surface area is 181 Å². The van der Waals surface area contributed by atoms with Crippen LogP contribution in [0, 0.1) is 12.8 Å². The summed E-state index contributed by atoms with van der Waals surface area (Å²) in [4.78, 5) is 27.7. The van der Waals surface area contributed by atoms with Gasteiger partial charge in [-0.15, -0.1) is 0 Å². The Hall–Kier alpha value is -2.72. The minimum Gasteiger partial charge on any atom is -0.370 e. The average molecular weight is 431 g/mol. The van der Waals surface area contributed by atoms with Crippen molar-refractivity contribution in [3.8, 4) is 0 Å². The van der Waals surface area contributed by atoms with E-state index in [1.807, 2.05) is 23.9 Å². The molecule has 4 rings (SSSR count). The normalized spacial score (nSPS) is 21.4. The first-order chi connectivity index (χ1) is 14.9. The second-order valence-corrected chi connectivity index (χ2v) is 8.68. The zero-order chi connectivity index (χ0) is 22.0. The molecule has 2 aliphatic rings. The first-order valence-electron chi connectivity index (χ1n) is 10.7. The van der Waals surface area contributed by atoms with Crippen molar-refractivity contribution in [1.29, 1.82) is 0 Å². The van der Waals surface area contributed by atoms with Gasteiger partial charge in [-0.05, 0) is 26.2 Å². The maximum atomic E-state index is 12.0. The number of likely N-dealkylation sites (tertiary alicyclic amines) is 1. The molecule has 1 saturated heterocycles. The highest BCUT2D eigenvalue weighted by molar-refractivity contribution is 5.93. The molecule has 1 saturated carbocycles. The van der Waals surface area contributed by atoms with Gasteiger partial charge < -0.3 is 19.5 Å². The van der Waals surface area contributed by atoms with Crippen LogP contribution in [0.15, 0.2) is 23.0 Å². The van der Waals surface area contributed by atoms with Gasteiger partial charge in [0.05, 0.1) is 30.2 Å². The van der Waals surface area contributed by atoms with Crippen LogP contribution in [-0.4, -0.2) is 76.4 Å². The number of nitrogens with zero attached hydrogens (tertiary/aromatic N) is 5. The number of carbonyl (C=O) groups excluding carboxylic acids is 2. The molecule has 10 heteroatoms. The summed E-state index contributed by atoms with van der Waals surface area (Å²) in [5.74, 6) is 0.947. The lowest BCUT2D eigenvalue weighted by atomic mass is 10.2. The largest absolute Gasteiger partial charge is 0.370 e. The summed E-state index contributed by atoms with van der Waals surface area (Å²) in [5, 5.41) is 11.5. The predicted molar refractivity (Wildman–Crippen MR) is 112 cm³/mol. The molecule has 1 N–H and O–H groups in total. The van der Waals surface area contributed by atoms with Crippen LogP contribution in [0.3, 0.4) is 0 Å². The summed E-state index contributed by atoms with van der Waals surface area (Å²) in [5.41, 5.74) is 1.59. The van der Waals surface area contributed by atoms with E-state index >= 15 is 0 Å². The van der Waals surface area contributed by atoms with Crippen LogP contribution in [0.2, 0.25) is 0 Å². The number of aromatic nitrogens is 3. The molecule has 0 aromatic carbocycles. The van der Waals surface area contributed by atoms with E-state index in [1.54, 1.807) is 20.3 Å². The van der Waals surface area contributed by atoms with Crippen LogP contribution in [0.4, 0.5) is 5.69 Å². The first kappa shape index (κ1) is 21.5. The third-order valence-electron chi connectivity index (χ3n) is 5.77. The van der Waals surface area contributed by atoms with Crippen molar-refractivity contribution in [2.75, 3.05) is 39.2 Å². The molecule has 0 unspecified atom stereocenters. The lowest BCUT2D eigenvalue weighted by Crippen LogP contribution is -2.34. The Morgan fingerprint density at radius 1 is 1.35 bits per heavy atom. The average Bonchev–Trinajstić information content (AvgIpc) is 3.15. The number of likely N-dealkylation sites (N-methyl/N-ethyl adjacent to an activating group) is 1. The third-order valence-corrected chi connectivity index (χ3v) is 5.77. The Balaban J connectivity index is 1.39. The molecule has 1 aliphatic heterocycles. The van der Waals surface area contributed by atoms with Crippen molar-refractivity contribution in [2.45, 2.75) is 44.8 Å². The van der Waals surface area contributed by atoms with Crippen LogP contribution >= 0.6 is 0 Å². The van der Waals surface area contributed by atoms with Crippen molar-refractivity contribution in [3.05, 3.63) is 29.9 Å². The smallest absolute Gasteiger partial charge is 0.248 e. The summed E-state index contributed by atoms with van der Waals surface area (Å²) < 4.78 is 12.8. The second kappa shape index (κ2) is 9.19. The summed E-state index contributed by atoms with van der Waals surface area (Å²) in [6.07, 6.45) is 6.35. The summed E-state index contributed by atoms with van der Waals surface area (Å²) >= 11 is 0. The van der Waals surface area contributed by atoms with Crippen molar-refractivity contribution in [2.24, 2.45) is 5.92 Å². The molecule has 3 heterocycles. The molecule has 1 aliphatic carbocycles. The van der Waals surface area contributed by atoms with Crippen LogP contribution in [-0.2, 0) is 20.9 Å². The number of rotatable bonds is 9. The molecular weight excluding hydrogens is 400 g/mol. The monoisotopic (exact) mass is 430 g/mol. The van der Waals surface area contributed by atoms with E-state index < -0.39 is 0 Å². The quantitative estimate of drug-likeness (QED) is 0.642. The van der Waals surface area contributed by atoms with Gasteiger partial charge in [0, 0.05) is 51.4 Å². The number of anilines is 1. The zero-order valence-corrected chi connectivity index (χ0v) is 18.3. The van der Waals surface area contributed by atoms with Crippen LogP contribution in [0.25, 0.3) is 0 Å². The van der Waals surface area contributed by atoms with Gasteiger partial charge in [0.2, 0.25) is 11.8 Å². The first-order valence-corrected chi connectivity index (χ1v) is 10.7. The summed E-state index contributed by atoms with van der Waals surface area (Å²) in [7, 11) is 3.43. The zero-order valence-electron chi connectivity index (χ0n) is 18.3. The van der Waals surface area contributed by atoms with E-state index in [2.05, 4.69) is 20.5 Å². The minimum atomic E-state index is -0.0589. The Kier molecular flexibility index (Phi) is 6.38. The van der Waals surface area contributed by atoms with Gasteiger partial charge in [-0.1, -0.05) is 5.16 Å². The highest BCUT2D eigenvalue weighted by atomic mass is 16.5. The van der Waals surface area contributed by atoms with Crippen LogP contribution in [0.5, 0.6) is 0 Å². The van der Waals surface area contributed by atoms with E-state index in [0.29, 0.717) is 13.2 Å². The predicted octanol–water partition coefficient (Wildman–Crippen LogP) is 1.45. The Morgan fingerprint density at radius 2 is 2.16 bits per heavy atom. The number of hydrogen-bond acceptors (Lipinski definition) is 7. The molecule has 2 aromatic rings. The number of amides is 2. The van der Waals surface area contributed by atoms with Gasteiger partial charge in [0.15, 0.2) is 0 Å². The van der Waals surface area contributed by atoms with Crippen molar-refractivity contribution >= 4 is 17.5 Å². The molecule has 10 nitrogen and oxygen atoms in total. The number of ether oxygens (including phenoxy) is 1. The molecule has 2 atom stereocenters. The Morgan fingerprint density at radius 3 is 2.84 bits per heavy atom. The maximum absolute atomic E-state index is 12.0. The molecule has 2 amide bonds. The molecule has 168 valence electrons. The van der Waals surface area contributed by atoms with Gasteiger partial charge in [-0.3, -0.25) is 19.2 Å². The number of carbonyl (C=O) groups is 2. The number of hydrogen-bond donors (Lipinski definition) is 1. The molecule has 2 aromatic heterocycles. The van der Waals surface area contributed by atoms with Crippen LogP contribution in [0.1, 0.15) is 36.8 Å². The fourth-order valence-electron chi connectivity index (χ4n) is 3.82. The standard InChI is InChI=1S/C21H30N6O4/c1-14-6-16(24-31-14)9-26-11-18(7-19(26)12-30-13-20(28)25(2)3)27-10-17(8-22-27)23-21(29)15-4-5-15/h6,8,10,15,18-19H,4-5,7,9,11-13H2,1-3H3,(H,23,29)/t18-,19-/m0/s1. The van der Waals surface area contributed by atoms with Gasteiger partial charge in [0.25, 0.3) is 0 Å². The van der Waals surface area contributed by atoms with Crippen molar-refractivity contribution < 1.29 is 18.8 Å². The highest BCUT2D eigenvalue weighted by Crippen LogP contribution is 2.31. The molecule has 0 bridgehead atoms. The fraction of sp³-hybridized carbons (Fsp3) is 0.619. The van der Waals surface area contributed by atoms with Gasteiger partial charge in [-0.25, -0.2) is 0 Å². The number of aryl methyl sites for hydroxylation is 1. The second-order valence-electron chi connectivity index (χ2n) is 8.68. The van der Waals surface area contributed by atoms with E-state index in [0.717, 1.165) is 42.9 Å². The SMILES string of the molecule is Cc1cc(CN2C[C@@H](n3cc(NC(=O)C4CC4)cn3)C[C@H]2COCC(=O)N(C)C)no1. The van der Waals surface area contributed by atoms with Gasteiger partial charge in [-0.2, -0.15) is 5.10 Å². The van der Waals surface area contributed by atoms with E-state index in [4.69, 9.17) is 9.26 Å². The van der Waals surface area contributed by atoms with Crippen molar-refractivity contribution in [1.82, 2.24) is 24.7 Å². The molecule has 0 radical (unpaired) electrons. The highest BCUT2D eigenvalue weighted by Gasteiger charge is 2.35. The molecule has 31 heavy (non-hydrogen) atoms. The van der Waals surface area contributed by atoms with E-state index in [-0.39, 0.29) is 36.4 Å². The maximum Gasteiger partial charge on any atom is 0.248 e. The lowest BCUT2D eigenvalue weighted by molar-refractivity contribution is -0.134. The number of nitrogens with one attached hydrogen (secondary N) is 1. The summed E-state index contributed by atoms with van der Waals surface area (Å²) in [6, 6.07) is 2.18. The molecular formula is C21H30N6O4. The molecule has 0 spiro atoms. The minimum absolute atomic E-state index is 0.0589. The molecule has 2 fully saturated rings. The topological polar surface area (TPSA) is 106 Å². The van der Waals surface area contributed by atoms with E-state index in [1.165, 1.54) is 4.90 Å². The van der Waals surface area contributed by atoms with Crippen molar-refractivity contribution in [3.63, 3.8) is 0 Å². The lowest BCUT2D eigenvalue weighted by Gasteiger charge is -2.23. The van der Waals surface area contributed by atoms with Gasteiger partial charge >= 0.3 is 0 Å². The summed E-state index contributed by atoms with van der Waals surface area (Å²) in [6.45, 7) is 3.77.